The van der Waals surface area contributed by atoms with Crippen molar-refractivity contribution >= 4 is 66.5 Å². The van der Waals surface area contributed by atoms with E-state index in [-0.39, 0.29) is 17.5 Å². The Morgan fingerprint density at radius 3 is 1.64 bits per heavy atom. The van der Waals surface area contributed by atoms with Crippen LogP contribution in [-0.4, -0.2) is 11.3 Å². The molecule has 3 heterocycles. The Bertz CT molecular complexity index is 2650. The Kier molecular flexibility index (Phi) is 5.91. The predicted molar refractivity (Wildman–Crippen MR) is 211 cm³/mol. The Morgan fingerprint density at radius 2 is 1.04 bits per heavy atom. The summed E-state index contributed by atoms with van der Waals surface area (Å²) in [5, 5.41) is 7.42. The molecule has 0 bridgehead atoms. The molecule has 0 atom stereocenters. The Hall–Kier alpha value is -5.48. The fourth-order valence-electron chi connectivity index (χ4n) is 8.37. The fraction of sp³-hybridized carbons (Fsp3) is 0.174. The average molecular weight is 648 g/mol. The van der Waals surface area contributed by atoms with Gasteiger partial charge in [-0.1, -0.05) is 133 Å². The predicted octanol–water partition coefficient (Wildman–Crippen LogP) is 10.4. The molecule has 2 aliphatic heterocycles. The van der Waals surface area contributed by atoms with Gasteiger partial charge in [0, 0.05) is 33.8 Å². The zero-order chi connectivity index (χ0) is 34.1. The quantitative estimate of drug-likeness (QED) is 0.166. The van der Waals surface area contributed by atoms with Gasteiger partial charge in [-0.2, -0.15) is 0 Å². The first-order valence-electron chi connectivity index (χ1n) is 17.7. The number of benzene rings is 7. The molecule has 0 spiro atoms. The van der Waals surface area contributed by atoms with E-state index in [1.54, 1.807) is 0 Å². The van der Waals surface area contributed by atoms with E-state index in [0.717, 1.165) is 39.7 Å². The van der Waals surface area contributed by atoms with Gasteiger partial charge in [0.2, 0.25) is 0 Å². The molecular formula is C46H38BNO2. The van der Waals surface area contributed by atoms with Gasteiger partial charge in [0.15, 0.2) is 0 Å². The molecule has 10 rings (SSSR count). The molecule has 0 aliphatic carbocycles. The molecule has 1 aromatic heterocycles. The number of fused-ring (bicyclic) bond motifs is 11. The van der Waals surface area contributed by atoms with Crippen molar-refractivity contribution in [3.8, 4) is 28.7 Å². The third-order valence-corrected chi connectivity index (χ3v) is 11.0. The largest absolute Gasteiger partial charge is 0.458 e. The Balaban J connectivity index is 1.29. The minimum atomic E-state index is -0.00549. The first-order chi connectivity index (χ1) is 24.0. The van der Waals surface area contributed by atoms with Crippen molar-refractivity contribution in [2.45, 2.75) is 52.4 Å². The molecule has 50 heavy (non-hydrogen) atoms. The van der Waals surface area contributed by atoms with Crippen LogP contribution in [0.5, 0.6) is 23.0 Å². The zero-order valence-electron chi connectivity index (χ0n) is 29.4. The molecule has 0 amide bonds. The molecule has 0 fully saturated rings. The number of nitrogens with zero attached hydrogens (tertiary/aromatic N) is 1. The summed E-state index contributed by atoms with van der Waals surface area (Å²) in [7, 11) is 0. The first kappa shape index (κ1) is 29.4. The number of ether oxygens (including phenoxy) is 2. The first-order valence-corrected chi connectivity index (χ1v) is 17.7. The van der Waals surface area contributed by atoms with Gasteiger partial charge in [0.05, 0.1) is 16.7 Å². The van der Waals surface area contributed by atoms with Crippen molar-refractivity contribution in [2.24, 2.45) is 0 Å². The molecule has 8 aromatic rings. The molecule has 3 nitrogen and oxygen atoms in total. The van der Waals surface area contributed by atoms with Crippen LogP contribution in [0.2, 0.25) is 0 Å². The van der Waals surface area contributed by atoms with Crippen LogP contribution in [0.1, 0.15) is 52.7 Å². The van der Waals surface area contributed by atoms with E-state index in [1.807, 2.05) is 0 Å². The highest BCUT2D eigenvalue weighted by molar-refractivity contribution is 6.98. The van der Waals surface area contributed by atoms with Gasteiger partial charge in [-0.3, -0.25) is 0 Å². The topological polar surface area (TPSA) is 23.4 Å². The molecule has 7 aromatic carbocycles. The molecule has 0 saturated carbocycles. The van der Waals surface area contributed by atoms with Crippen LogP contribution in [0.15, 0.2) is 121 Å². The monoisotopic (exact) mass is 647 g/mol. The number of aromatic nitrogens is 1. The van der Waals surface area contributed by atoms with Crippen molar-refractivity contribution in [1.82, 2.24) is 4.57 Å². The van der Waals surface area contributed by atoms with Gasteiger partial charge in [-0.25, -0.2) is 0 Å². The standard InChI is InChI=1S/C46H38BNO2/c1-45(2,3)29-17-21-38-35(23-29)47-36-24-30(46(4,5)6)18-22-39(36)50-41-26-31(25-40(49-38)43(41)47)48-37-20-16-27-11-7-9-13-32(27)42(37)34-19-15-28-12-8-10-14-33(28)44(34)48/h7-26H,1-6H3. The highest BCUT2D eigenvalue weighted by Gasteiger charge is 2.41. The van der Waals surface area contributed by atoms with Crippen molar-refractivity contribution in [3.63, 3.8) is 0 Å². The van der Waals surface area contributed by atoms with Crippen LogP contribution in [0, 0.1) is 0 Å². The second-order valence-electron chi connectivity index (χ2n) is 16.2. The number of hydrogen-bond donors (Lipinski definition) is 0. The zero-order valence-corrected chi connectivity index (χ0v) is 29.4. The van der Waals surface area contributed by atoms with Crippen molar-refractivity contribution in [1.29, 1.82) is 0 Å². The molecular weight excluding hydrogens is 609 g/mol. The summed E-state index contributed by atoms with van der Waals surface area (Å²) in [6, 6.07) is 44.5. The highest BCUT2D eigenvalue weighted by atomic mass is 16.5. The summed E-state index contributed by atoms with van der Waals surface area (Å²) in [5.41, 5.74) is 9.48. The normalized spacial score (nSPS) is 13.7. The SMILES string of the molecule is CC(C)(C)c1ccc2c(c1)B1c3cc(C(C)(C)C)ccc3Oc3cc(-n4c5ccc6ccccc6c5c5ccc6ccccc6c54)cc(c31)O2. The van der Waals surface area contributed by atoms with Gasteiger partial charge in [0.1, 0.15) is 23.0 Å². The van der Waals surface area contributed by atoms with Crippen LogP contribution < -0.4 is 25.9 Å². The summed E-state index contributed by atoms with van der Waals surface area (Å²) in [4.78, 5) is 0. The van der Waals surface area contributed by atoms with E-state index in [2.05, 4.69) is 167 Å². The lowest BCUT2D eigenvalue weighted by molar-refractivity contribution is 0.463. The lowest BCUT2D eigenvalue weighted by Crippen LogP contribution is -2.57. The highest BCUT2D eigenvalue weighted by Crippen LogP contribution is 2.43. The van der Waals surface area contributed by atoms with Crippen molar-refractivity contribution in [2.75, 3.05) is 0 Å². The van der Waals surface area contributed by atoms with Crippen LogP contribution in [0.3, 0.4) is 0 Å². The lowest BCUT2D eigenvalue weighted by Gasteiger charge is -2.35. The van der Waals surface area contributed by atoms with Crippen molar-refractivity contribution < 1.29 is 9.47 Å². The smallest absolute Gasteiger partial charge is 0.260 e. The maximum absolute atomic E-state index is 6.93. The molecule has 0 radical (unpaired) electrons. The summed E-state index contributed by atoms with van der Waals surface area (Å²) in [5.74, 6) is 3.51. The maximum atomic E-state index is 6.93. The van der Waals surface area contributed by atoms with Crippen LogP contribution >= 0.6 is 0 Å². The van der Waals surface area contributed by atoms with Gasteiger partial charge in [-0.05, 0) is 67.2 Å². The van der Waals surface area contributed by atoms with E-state index in [1.165, 1.54) is 59.9 Å². The summed E-state index contributed by atoms with van der Waals surface area (Å²) in [6.07, 6.45) is 0. The average Bonchev–Trinajstić information content (AvgIpc) is 3.45. The molecule has 0 N–H and O–H groups in total. The molecule has 0 saturated heterocycles. The second kappa shape index (κ2) is 10.0. The minimum absolute atomic E-state index is 0.00549. The maximum Gasteiger partial charge on any atom is 0.260 e. The molecule has 0 unspecified atom stereocenters. The Morgan fingerprint density at radius 1 is 0.500 bits per heavy atom. The van der Waals surface area contributed by atoms with Gasteiger partial charge < -0.3 is 14.0 Å². The minimum Gasteiger partial charge on any atom is -0.458 e. The summed E-state index contributed by atoms with van der Waals surface area (Å²) < 4.78 is 16.3. The molecule has 4 heteroatoms. The summed E-state index contributed by atoms with van der Waals surface area (Å²) >= 11 is 0. The van der Waals surface area contributed by atoms with E-state index in [9.17, 15) is 0 Å². The fourth-order valence-corrected chi connectivity index (χ4v) is 8.37. The van der Waals surface area contributed by atoms with Gasteiger partial charge in [0.25, 0.3) is 6.71 Å². The van der Waals surface area contributed by atoms with Gasteiger partial charge in [-0.15, -0.1) is 0 Å². The van der Waals surface area contributed by atoms with E-state index in [4.69, 9.17) is 9.47 Å². The van der Waals surface area contributed by atoms with E-state index in [0.29, 0.717) is 0 Å². The Labute approximate surface area is 293 Å². The van der Waals surface area contributed by atoms with E-state index < -0.39 is 0 Å². The van der Waals surface area contributed by atoms with Crippen molar-refractivity contribution in [3.05, 3.63) is 132 Å². The number of hydrogen-bond acceptors (Lipinski definition) is 2. The molecule has 2 aliphatic rings. The van der Waals surface area contributed by atoms with Crippen LogP contribution in [-0.2, 0) is 10.8 Å². The third kappa shape index (κ3) is 4.18. The van der Waals surface area contributed by atoms with Crippen LogP contribution in [0.4, 0.5) is 0 Å². The van der Waals surface area contributed by atoms with Gasteiger partial charge >= 0.3 is 0 Å². The summed E-state index contributed by atoms with van der Waals surface area (Å²) in [6.45, 7) is 13.7. The van der Waals surface area contributed by atoms with Crippen LogP contribution in [0.25, 0.3) is 49.0 Å². The third-order valence-electron chi connectivity index (χ3n) is 11.0. The lowest BCUT2D eigenvalue weighted by atomic mass is 9.34. The second-order valence-corrected chi connectivity index (χ2v) is 16.2. The molecule has 242 valence electrons. The number of rotatable bonds is 1. The van der Waals surface area contributed by atoms with E-state index >= 15 is 0 Å².